The van der Waals surface area contributed by atoms with Crippen molar-refractivity contribution >= 4 is 0 Å². The molecule has 0 bridgehead atoms. The highest BCUT2D eigenvalue weighted by atomic mass is 16.5. The van der Waals surface area contributed by atoms with E-state index >= 15 is 0 Å². The van der Waals surface area contributed by atoms with Crippen LogP contribution in [0.5, 0.6) is 11.6 Å². The van der Waals surface area contributed by atoms with Gasteiger partial charge in [0.1, 0.15) is 5.75 Å². The standard InChI is InChI=1S/C17H21NO3/c1-11-5-7-14(17(21-4)12(11)2)15(19)9-13-6-8-16(20-3)18-10-13/h5-8,10,15,19H,9H2,1-4H3. The lowest BCUT2D eigenvalue weighted by molar-refractivity contribution is 0.173. The Kier molecular flexibility index (Phi) is 4.81. The second-order valence-corrected chi connectivity index (χ2v) is 5.06. The molecule has 0 saturated heterocycles. The van der Waals surface area contributed by atoms with E-state index in [1.807, 2.05) is 32.0 Å². The van der Waals surface area contributed by atoms with Gasteiger partial charge < -0.3 is 14.6 Å². The highest BCUT2D eigenvalue weighted by Gasteiger charge is 2.16. The van der Waals surface area contributed by atoms with Crippen LogP contribution in [0.4, 0.5) is 0 Å². The van der Waals surface area contributed by atoms with Crippen molar-refractivity contribution in [1.29, 1.82) is 0 Å². The summed E-state index contributed by atoms with van der Waals surface area (Å²) < 4.78 is 10.5. The van der Waals surface area contributed by atoms with Crippen LogP contribution in [0, 0.1) is 13.8 Å². The van der Waals surface area contributed by atoms with Crippen molar-refractivity contribution in [2.45, 2.75) is 26.4 Å². The molecule has 1 aromatic heterocycles. The Morgan fingerprint density at radius 1 is 1.10 bits per heavy atom. The third-order valence-electron chi connectivity index (χ3n) is 3.71. The van der Waals surface area contributed by atoms with Gasteiger partial charge in [0.2, 0.25) is 5.88 Å². The maximum absolute atomic E-state index is 10.5. The van der Waals surface area contributed by atoms with Gasteiger partial charge in [-0.25, -0.2) is 4.98 Å². The highest BCUT2D eigenvalue weighted by molar-refractivity contribution is 5.46. The summed E-state index contributed by atoms with van der Waals surface area (Å²) >= 11 is 0. The molecule has 0 fully saturated rings. The maximum Gasteiger partial charge on any atom is 0.212 e. The second-order valence-electron chi connectivity index (χ2n) is 5.06. The summed E-state index contributed by atoms with van der Waals surface area (Å²) in [4.78, 5) is 4.15. The van der Waals surface area contributed by atoms with Crippen molar-refractivity contribution in [1.82, 2.24) is 4.98 Å². The van der Waals surface area contributed by atoms with Crippen LogP contribution >= 0.6 is 0 Å². The Morgan fingerprint density at radius 3 is 2.43 bits per heavy atom. The van der Waals surface area contributed by atoms with Gasteiger partial charge >= 0.3 is 0 Å². The van der Waals surface area contributed by atoms with E-state index in [-0.39, 0.29) is 0 Å². The lowest BCUT2D eigenvalue weighted by Crippen LogP contribution is -2.06. The van der Waals surface area contributed by atoms with Gasteiger partial charge in [-0.1, -0.05) is 18.2 Å². The fraction of sp³-hybridized carbons (Fsp3) is 0.353. The number of aliphatic hydroxyl groups is 1. The highest BCUT2D eigenvalue weighted by Crippen LogP contribution is 2.32. The summed E-state index contributed by atoms with van der Waals surface area (Å²) in [6, 6.07) is 7.62. The molecule has 1 N–H and O–H groups in total. The van der Waals surface area contributed by atoms with Crippen molar-refractivity contribution in [3.8, 4) is 11.6 Å². The van der Waals surface area contributed by atoms with Gasteiger partial charge in [0, 0.05) is 24.2 Å². The minimum absolute atomic E-state index is 0.482. The molecule has 0 radical (unpaired) electrons. The third-order valence-corrected chi connectivity index (χ3v) is 3.71. The number of aryl methyl sites for hydroxylation is 1. The minimum atomic E-state index is -0.630. The molecular weight excluding hydrogens is 266 g/mol. The Labute approximate surface area is 125 Å². The number of pyridine rings is 1. The zero-order chi connectivity index (χ0) is 15.4. The molecule has 112 valence electrons. The number of nitrogens with zero attached hydrogens (tertiary/aromatic N) is 1. The largest absolute Gasteiger partial charge is 0.496 e. The molecule has 4 heteroatoms. The smallest absolute Gasteiger partial charge is 0.212 e. The van der Waals surface area contributed by atoms with Crippen molar-refractivity contribution < 1.29 is 14.6 Å². The SMILES string of the molecule is COc1ccc(CC(O)c2ccc(C)c(C)c2OC)cn1. The van der Waals surface area contributed by atoms with Crippen LogP contribution in [0.1, 0.15) is 28.4 Å². The topological polar surface area (TPSA) is 51.6 Å². The average Bonchev–Trinajstić information content (AvgIpc) is 2.50. The number of rotatable bonds is 5. The molecule has 2 rings (SSSR count). The number of hydrogen-bond acceptors (Lipinski definition) is 4. The molecule has 2 aromatic rings. The van der Waals surface area contributed by atoms with Crippen LogP contribution in [0.25, 0.3) is 0 Å². The van der Waals surface area contributed by atoms with Gasteiger partial charge in [0.15, 0.2) is 0 Å². The summed E-state index contributed by atoms with van der Waals surface area (Å²) in [5.74, 6) is 1.32. The fourth-order valence-corrected chi connectivity index (χ4v) is 2.33. The van der Waals surface area contributed by atoms with E-state index in [1.54, 1.807) is 26.5 Å². The monoisotopic (exact) mass is 287 g/mol. The van der Waals surface area contributed by atoms with Crippen LogP contribution in [0.3, 0.4) is 0 Å². The Bertz CT molecular complexity index is 608. The van der Waals surface area contributed by atoms with Gasteiger partial charge in [-0.05, 0) is 30.5 Å². The molecule has 0 saturated carbocycles. The molecule has 1 aromatic carbocycles. The molecule has 1 atom stereocenters. The molecular formula is C17H21NO3. The van der Waals surface area contributed by atoms with Crippen LogP contribution in [0.15, 0.2) is 30.5 Å². The summed E-state index contributed by atoms with van der Waals surface area (Å²) in [5.41, 5.74) is 3.95. The number of methoxy groups -OCH3 is 2. The zero-order valence-corrected chi connectivity index (χ0v) is 12.9. The van der Waals surface area contributed by atoms with Crippen LogP contribution in [-0.2, 0) is 6.42 Å². The number of hydrogen-bond donors (Lipinski definition) is 1. The Morgan fingerprint density at radius 2 is 1.86 bits per heavy atom. The fourth-order valence-electron chi connectivity index (χ4n) is 2.33. The zero-order valence-electron chi connectivity index (χ0n) is 12.9. The van der Waals surface area contributed by atoms with Crippen LogP contribution < -0.4 is 9.47 Å². The second kappa shape index (κ2) is 6.59. The molecule has 21 heavy (non-hydrogen) atoms. The summed E-state index contributed by atoms with van der Waals surface area (Å²) in [6.07, 6.45) is 1.57. The lowest BCUT2D eigenvalue weighted by atomic mass is 9.97. The Hall–Kier alpha value is -2.07. The van der Waals surface area contributed by atoms with E-state index in [4.69, 9.17) is 9.47 Å². The van der Waals surface area contributed by atoms with Crippen LogP contribution in [0.2, 0.25) is 0 Å². The van der Waals surface area contributed by atoms with E-state index < -0.39 is 6.10 Å². The van der Waals surface area contributed by atoms with E-state index in [1.165, 1.54) is 0 Å². The van der Waals surface area contributed by atoms with E-state index in [0.717, 1.165) is 28.0 Å². The molecule has 1 heterocycles. The normalized spacial score (nSPS) is 12.0. The first kappa shape index (κ1) is 15.3. The molecule has 1 unspecified atom stereocenters. The predicted octanol–water partition coefficient (Wildman–Crippen LogP) is 2.99. The van der Waals surface area contributed by atoms with Gasteiger partial charge in [0.05, 0.1) is 20.3 Å². The molecule has 0 aliphatic heterocycles. The first-order valence-electron chi connectivity index (χ1n) is 6.88. The van der Waals surface area contributed by atoms with Crippen molar-refractivity contribution in [3.63, 3.8) is 0 Å². The van der Waals surface area contributed by atoms with Gasteiger partial charge in [0.25, 0.3) is 0 Å². The molecule has 0 amide bonds. The summed E-state index contributed by atoms with van der Waals surface area (Å²) in [6.45, 7) is 4.03. The van der Waals surface area contributed by atoms with Crippen molar-refractivity contribution in [3.05, 3.63) is 52.7 Å². The molecule has 4 nitrogen and oxygen atoms in total. The third kappa shape index (κ3) is 3.34. The summed E-state index contributed by atoms with van der Waals surface area (Å²) in [7, 11) is 3.21. The average molecular weight is 287 g/mol. The number of aromatic nitrogens is 1. The van der Waals surface area contributed by atoms with E-state index in [9.17, 15) is 5.11 Å². The first-order valence-corrected chi connectivity index (χ1v) is 6.88. The quantitative estimate of drug-likeness (QED) is 0.918. The molecule has 0 spiro atoms. The number of benzene rings is 1. The van der Waals surface area contributed by atoms with Gasteiger partial charge in [-0.2, -0.15) is 0 Å². The van der Waals surface area contributed by atoms with Gasteiger partial charge in [-0.3, -0.25) is 0 Å². The van der Waals surface area contributed by atoms with Crippen molar-refractivity contribution in [2.24, 2.45) is 0 Å². The number of ether oxygens (including phenoxy) is 2. The van der Waals surface area contributed by atoms with Gasteiger partial charge in [-0.15, -0.1) is 0 Å². The molecule has 0 aliphatic rings. The van der Waals surface area contributed by atoms with E-state index in [0.29, 0.717) is 12.3 Å². The summed E-state index contributed by atoms with van der Waals surface area (Å²) in [5, 5.41) is 10.5. The predicted molar refractivity (Wildman–Crippen MR) is 81.9 cm³/mol. The first-order chi connectivity index (χ1) is 10.1. The molecule has 0 aliphatic carbocycles. The van der Waals surface area contributed by atoms with Crippen molar-refractivity contribution in [2.75, 3.05) is 14.2 Å². The van der Waals surface area contributed by atoms with Crippen LogP contribution in [-0.4, -0.2) is 24.3 Å². The Balaban J connectivity index is 2.23. The maximum atomic E-state index is 10.5. The number of aliphatic hydroxyl groups excluding tert-OH is 1. The van der Waals surface area contributed by atoms with E-state index in [2.05, 4.69) is 4.98 Å². The minimum Gasteiger partial charge on any atom is -0.496 e. The lowest BCUT2D eigenvalue weighted by Gasteiger charge is -2.18.